The molecule has 1 atom stereocenters. The smallest absolute Gasteiger partial charge is 0.327 e. The van der Waals surface area contributed by atoms with Crippen LogP contribution in [0.3, 0.4) is 0 Å². The van der Waals surface area contributed by atoms with Crippen molar-refractivity contribution in [2.75, 3.05) is 35.3 Å². The van der Waals surface area contributed by atoms with Crippen LogP contribution in [0, 0.1) is 0 Å². The van der Waals surface area contributed by atoms with Gasteiger partial charge in [-0.1, -0.05) is 42.5 Å². The van der Waals surface area contributed by atoms with E-state index in [0.29, 0.717) is 29.8 Å². The Morgan fingerprint density at radius 2 is 2.03 bits per heavy atom. The van der Waals surface area contributed by atoms with Crippen LogP contribution in [0.4, 0.5) is 21.9 Å². The minimum Gasteiger partial charge on any atom is -0.506 e. The topological polar surface area (TPSA) is 106 Å². The van der Waals surface area contributed by atoms with Crippen LogP contribution in [0.1, 0.15) is 26.7 Å². The van der Waals surface area contributed by atoms with Gasteiger partial charge in [-0.15, -0.1) is 0 Å². The second-order valence-corrected chi connectivity index (χ2v) is 9.05. The maximum Gasteiger partial charge on any atom is 0.327 e. The molecule has 0 saturated carbocycles. The summed E-state index contributed by atoms with van der Waals surface area (Å²) in [5.41, 5.74) is 8.76. The summed E-state index contributed by atoms with van der Waals surface area (Å²) in [4.78, 5) is 21.2. The van der Waals surface area contributed by atoms with E-state index >= 15 is 0 Å². The van der Waals surface area contributed by atoms with Crippen LogP contribution in [0.15, 0.2) is 83.7 Å². The number of aliphatic imine (C=N–C) groups is 1. The molecule has 1 aliphatic heterocycles. The predicted molar refractivity (Wildman–Crippen MR) is 155 cm³/mol. The second-order valence-electron chi connectivity index (χ2n) is 8.64. The van der Waals surface area contributed by atoms with E-state index in [2.05, 4.69) is 39.2 Å². The van der Waals surface area contributed by atoms with E-state index in [-0.39, 0.29) is 16.5 Å². The van der Waals surface area contributed by atoms with E-state index in [1.807, 2.05) is 44.2 Å². The average molecular weight is 523 g/mol. The molecular formula is C28H35ClN6O2. The lowest BCUT2D eigenvalue weighted by Gasteiger charge is -2.26. The molecule has 1 heterocycles. The SMILES string of the molecule is C=C(\N=C(NC(=O)N(C)c1c(O)cccc1Cl)/C(/C=C\C)=C\C)Nc1ccc(N2CCC[C@@H]2CN)cc1. The van der Waals surface area contributed by atoms with Crippen molar-refractivity contribution < 1.29 is 9.90 Å². The highest BCUT2D eigenvalue weighted by molar-refractivity contribution is 6.34. The maximum atomic E-state index is 13.1. The molecule has 2 aromatic rings. The number of urea groups is 1. The molecule has 1 aliphatic rings. The first kappa shape index (κ1) is 27.8. The monoisotopic (exact) mass is 522 g/mol. The number of hydrogen-bond donors (Lipinski definition) is 4. The Kier molecular flexibility index (Phi) is 9.77. The summed E-state index contributed by atoms with van der Waals surface area (Å²) in [5, 5.41) is 16.5. The van der Waals surface area contributed by atoms with Crippen molar-refractivity contribution in [1.82, 2.24) is 5.32 Å². The van der Waals surface area contributed by atoms with Crippen molar-refractivity contribution in [2.45, 2.75) is 32.7 Å². The molecule has 2 amide bonds. The molecule has 3 rings (SSSR count). The number of benzene rings is 2. The minimum atomic E-state index is -0.525. The van der Waals surface area contributed by atoms with E-state index < -0.39 is 6.03 Å². The summed E-state index contributed by atoms with van der Waals surface area (Å²) in [5.74, 6) is 0.529. The number of rotatable bonds is 8. The first-order valence-corrected chi connectivity index (χ1v) is 12.6. The standard InChI is InChI=1S/C28H35ClN6O2/c1-5-9-20(6-2)27(33-28(37)34(4)26-24(29)11-7-12-25(26)36)32-19(3)31-21-13-15-22(16-14-21)35-17-8-10-23(35)18-30/h5-7,9,11-16,23,31,36H,3,8,10,17-18,30H2,1-2,4H3,(H,32,33,37)/b9-5-,20-6-/t23-/m1/s1. The van der Waals surface area contributed by atoms with Crippen molar-refractivity contribution in [1.29, 1.82) is 0 Å². The Balaban J connectivity index is 1.78. The van der Waals surface area contributed by atoms with E-state index in [9.17, 15) is 9.90 Å². The summed E-state index contributed by atoms with van der Waals surface area (Å²) >= 11 is 6.22. The highest BCUT2D eigenvalue weighted by atomic mass is 35.5. The molecule has 0 spiro atoms. The van der Waals surface area contributed by atoms with Gasteiger partial charge in [-0.25, -0.2) is 9.79 Å². The van der Waals surface area contributed by atoms with Crippen LogP contribution in [-0.4, -0.2) is 43.2 Å². The summed E-state index contributed by atoms with van der Waals surface area (Å²) in [6.07, 6.45) is 7.77. The van der Waals surface area contributed by atoms with Crippen LogP contribution in [0.2, 0.25) is 5.02 Å². The van der Waals surface area contributed by atoms with Gasteiger partial charge in [-0.3, -0.25) is 10.2 Å². The molecule has 0 aromatic heterocycles. The number of para-hydroxylation sites is 1. The lowest BCUT2D eigenvalue weighted by Crippen LogP contribution is -2.41. The van der Waals surface area contributed by atoms with Gasteiger partial charge < -0.3 is 21.1 Å². The molecule has 0 bridgehead atoms. The number of nitrogens with two attached hydrogens (primary N) is 1. The van der Waals surface area contributed by atoms with Gasteiger partial charge in [-0.05, 0) is 63.1 Å². The Bertz CT molecular complexity index is 1190. The van der Waals surface area contributed by atoms with Crippen molar-refractivity contribution >= 4 is 40.5 Å². The number of nitrogens with zero attached hydrogens (tertiary/aromatic N) is 3. The largest absolute Gasteiger partial charge is 0.506 e. The number of phenolic OH excluding ortho intramolecular Hbond substituents is 1. The number of nitrogens with one attached hydrogen (secondary N) is 2. The highest BCUT2D eigenvalue weighted by Gasteiger charge is 2.23. The summed E-state index contributed by atoms with van der Waals surface area (Å²) in [6, 6.07) is 12.6. The Hall–Kier alpha value is -3.75. The lowest BCUT2D eigenvalue weighted by atomic mass is 10.2. The number of anilines is 3. The van der Waals surface area contributed by atoms with Crippen LogP contribution in [-0.2, 0) is 0 Å². The zero-order valence-electron chi connectivity index (χ0n) is 21.5. The number of aromatic hydroxyl groups is 1. The number of phenols is 1. The molecule has 8 nitrogen and oxygen atoms in total. The molecular weight excluding hydrogens is 488 g/mol. The fourth-order valence-corrected chi connectivity index (χ4v) is 4.56. The van der Waals surface area contributed by atoms with Crippen molar-refractivity contribution in [3.63, 3.8) is 0 Å². The van der Waals surface area contributed by atoms with Gasteiger partial charge in [0.15, 0.2) is 0 Å². The molecule has 9 heteroatoms. The molecule has 1 saturated heterocycles. The maximum absolute atomic E-state index is 13.1. The zero-order valence-corrected chi connectivity index (χ0v) is 22.3. The zero-order chi connectivity index (χ0) is 26.9. The number of amidine groups is 1. The molecule has 2 aromatic carbocycles. The third-order valence-corrected chi connectivity index (χ3v) is 6.45. The van der Waals surface area contributed by atoms with Gasteiger partial charge in [0.25, 0.3) is 0 Å². The number of carbonyl (C=O) groups excluding carboxylic acids is 1. The van der Waals surface area contributed by atoms with Crippen LogP contribution >= 0.6 is 11.6 Å². The number of carbonyl (C=O) groups is 1. The number of hydrogen-bond acceptors (Lipinski definition) is 6. The lowest BCUT2D eigenvalue weighted by molar-refractivity contribution is 0.251. The van der Waals surface area contributed by atoms with Gasteiger partial charge >= 0.3 is 6.03 Å². The third kappa shape index (κ3) is 6.93. The Morgan fingerprint density at radius 3 is 2.65 bits per heavy atom. The van der Waals surface area contributed by atoms with E-state index in [1.54, 1.807) is 12.1 Å². The molecule has 1 fully saturated rings. The average Bonchev–Trinajstić information content (AvgIpc) is 3.36. The van der Waals surface area contributed by atoms with Crippen molar-refractivity contribution in [3.8, 4) is 5.75 Å². The molecule has 37 heavy (non-hydrogen) atoms. The summed E-state index contributed by atoms with van der Waals surface area (Å²) < 4.78 is 0. The van der Waals surface area contributed by atoms with Gasteiger partial charge in [0, 0.05) is 43.1 Å². The Morgan fingerprint density at radius 1 is 1.30 bits per heavy atom. The number of amides is 2. The van der Waals surface area contributed by atoms with Crippen molar-refractivity contribution in [2.24, 2.45) is 10.7 Å². The normalized spacial score (nSPS) is 16.2. The first-order chi connectivity index (χ1) is 17.8. The number of allylic oxidation sites excluding steroid dienone is 2. The summed E-state index contributed by atoms with van der Waals surface area (Å²) in [7, 11) is 1.52. The second kappa shape index (κ2) is 13.0. The van der Waals surface area contributed by atoms with Crippen molar-refractivity contribution in [3.05, 3.63) is 83.7 Å². The van der Waals surface area contributed by atoms with Crippen LogP contribution in [0.25, 0.3) is 0 Å². The fourth-order valence-electron chi connectivity index (χ4n) is 4.27. The van der Waals surface area contributed by atoms with Gasteiger partial charge in [0.2, 0.25) is 0 Å². The number of halogens is 1. The van der Waals surface area contributed by atoms with E-state index in [4.69, 9.17) is 17.3 Å². The van der Waals surface area contributed by atoms with Crippen LogP contribution < -0.4 is 26.2 Å². The van der Waals surface area contributed by atoms with E-state index in [1.165, 1.54) is 18.0 Å². The van der Waals surface area contributed by atoms with Gasteiger partial charge in [0.05, 0.1) is 5.02 Å². The first-order valence-electron chi connectivity index (χ1n) is 12.2. The minimum absolute atomic E-state index is 0.107. The van der Waals surface area contributed by atoms with Gasteiger partial charge in [-0.2, -0.15) is 0 Å². The predicted octanol–water partition coefficient (Wildman–Crippen LogP) is 5.62. The molecule has 0 unspecified atom stereocenters. The third-order valence-electron chi connectivity index (χ3n) is 6.15. The molecule has 0 aliphatic carbocycles. The highest BCUT2D eigenvalue weighted by Crippen LogP contribution is 2.34. The quantitative estimate of drug-likeness (QED) is 0.204. The molecule has 196 valence electrons. The van der Waals surface area contributed by atoms with Gasteiger partial charge in [0.1, 0.15) is 23.1 Å². The molecule has 0 radical (unpaired) electrons. The van der Waals surface area contributed by atoms with E-state index in [0.717, 1.165) is 30.8 Å². The fraction of sp³-hybridized carbons (Fsp3) is 0.286. The molecule has 5 N–H and O–H groups in total. The van der Waals surface area contributed by atoms with Crippen LogP contribution in [0.5, 0.6) is 5.75 Å². The Labute approximate surface area is 223 Å². The summed E-state index contributed by atoms with van der Waals surface area (Å²) in [6.45, 7) is 9.40.